The zero-order valence-corrected chi connectivity index (χ0v) is 38.8. The van der Waals surface area contributed by atoms with Gasteiger partial charge in [-0.25, -0.2) is 0 Å². The van der Waals surface area contributed by atoms with Crippen molar-refractivity contribution < 1.29 is 44.7 Å². The zero-order chi connectivity index (χ0) is 42.1. The topological polar surface area (TPSA) is 0 Å². The van der Waals surface area contributed by atoms with Crippen LogP contribution in [0, 0.1) is 10.8 Å². The fourth-order valence-corrected chi connectivity index (χ4v) is 17.7. The number of halogens is 6. The van der Waals surface area contributed by atoms with Crippen LogP contribution in [-0.4, -0.2) is 12.3 Å². The van der Waals surface area contributed by atoms with Gasteiger partial charge in [-0.3, -0.25) is 0 Å². The third-order valence-corrected chi connectivity index (χ3v) is 19.2. The van der Waals surface area contributed by atoms with E-state index in [0.717, 1.165) is 0 Å². The molecule has 4 bridgehead atoms. The number of fused-ring (bicyclic) bond motifs is 4. The van der Waals surface area contributed by atoms with E-state index in [2.05, 4.69) is 185 Å². The Morgan fingerprint density at radius 1 is 0.450 bits per heavy atom. The van der Waals surface area contributed by atoms with E-state index in [1.165, 1.54) is 60.3 Å². The molecule has 317 valence electrons. The number of rotatable bonds is 6. The first-order valence-electron chi connectivity index (χ1n) is 20.3. The monoisotopic (exact) mass is 962 g/mol. The van der Waals surface area contributed by atoms with E-state index >= 15 is 0 Å². The summed E-state index contributed by atoms with van der Waals surface area (Å²) in [5.41, 5.74) is 12.1. The molecular formula is C50H52F6P3Rh+. The molecule has 0 saturated carbocycles. The summed E-state index contributed by atoms with van der Waals surface area (Å²) in [7, 11) is -12.5. The zero-order valence-electron chi connectivity index (χ0n) is 34.3. The van der Waals surface area contributed by atoms with E-state index < -0.39 is 23.7 Å². The van der Waals surface area contributed by atoms with Crippen molar-refractivity contribution in [3.8, 4) is 0 Å². The maximum Gasteiger partial charge on any atom is 0 e. The molecule has 9 rings (SSSR count). The second-order valence-electron chi connectivity index (χ2n) is 16.4. The molecule has 0 saturated heterocycles. The first kappa shape index (κ1) is 46.1. The summed E-state index contributed by atoms with van der Waals surface area (Å²) in [6.45, 7) is 9.87. The Labute approximate surface area is 366 Å². The van der Waals surface area contributed by atoms with Gasteiger partial charge >= 0.3 is 33.0 Å². The molecule has 10 heteroatoms. The fourth-order valence-electron chi connectivity index (χ4n) is 9.60. The molecule has 1 aliphatic carbocycles. The van der Waals surface area contributed by atoms with Crippen LogP contribution in [0.1, 0.15) is 75.6 Å². The molecule has 0 spiro atoms. The summed E-state index contributed by atoms with van der Waals surface area (Å²) in [5, 5.41) is 6.52. The molecule has 4 aromatic rings. The van der Waals surface area contributed by atoms with Crippen molar-refractivity contribution in [1.29, 1.82) is 0 Å². The standard InChI is InChI=1S/C42H38P2.C8H12.F6P.Rh/c1-29-39(33-21-13-7-14-22-33)43-27-41(29,3)37(31-17-9-5-10-18-31)35(43)25-26-36-38(32-19-11-6-12-20-32)42(4)28-44(36)40(30(42)2)34-23-15-8-16-24-34;1-2-4-6-8-7-5-3-1;1-7(2,3,4,5)6;/h5-26H,27-28H2,1-4H3;1-2,7-8H,3-6H2;;/q;;-1;/p+2/b26-25-;2-1-,8-7-;;/t41-,42-,43?,44?;;;/m0.../s1. The summed E-state index contributed by atoms with van der Waals surface area (Å²) in [6.07, 6.45) is 21.7. The molecule has 4 atom stereocenters. The Hall–Kier alpha value is -3.45. The molecule has 5 aliphatic rings. The van der Waals surface area contributed by atoms with Crippen molar-refractivity contribution in [2.24, 2.45) is 10.8 Å². The van der Waals surface area contributed by atoms with Gasteiger partial charge in [0.05, 0.1) is 39.0 Å². The van der Waals surface area contributed by atoms with Crippen LogP contribution >= 0.6 is 23.7 Å². The molecule has 2 unspecified atom stereocenters. The second-order valence-corrected chi connectivity index (χ2v) is 23.0. The van der Waals surface area contributed by atoms with E-state index in [1.807, 2.05) is 0 Å². The first-order valence-corrected chi connectivity index (χ1v) is 25.7. The van der Waals surface area contributed by atoms with Gasteiger partial charge in [0.25, 0.3) is 0 Å². The molecule has 0 N–H and O–H groups in total. The van der Waals surface area contributed by atoms with Gasteiger partial charge in [0.1, 0.15) is 21.3 Å². The second kappa shape index (κ2) is 17.4. The van der Waals surface area contributed by atoms with Crippen LogP contribution in [0.15, 0.2) is 180 Å². The third kappa shape index (κ3) is 10.2. The summed E-state index contributed by atoms with van der Waals surface area (Å²) < 4.78 is 59.2. The van der Waals surface area contributed by atoms with Crippen molar-refractivity contribution in [3.63, 3.8) is 0 Å². The van der Waals surface area contributed by atoms with E-state index in [4.69, 9.17) is 0 Å². The molecule has 4 aromatic carbocycles. The molecule has 0 amide bonds. The maximum atomic E-state index is 9.87. The molecule has 60 heavy (non-hydrogen) atoms. The largest absolute Gasteiger partial charge is 0 e. The predicted molar refractivity (Wildman–Crippen MR) is 247 cm³/mol. The van der Waals surface area contributed by atoms with Crippen LogP contribution in [0.4, 0.5) is 25.2 Å². The van der Waals surface area contributed by atoms with Crippen molar-refractivity contribution >= 4 is 45.4 Å². The summed E-state index contributed by atoms with van der Waals surface area (Å²) in [6, 6.07) is 45.0. The summed E-state index contributed by atoms with van der Waals surface area (Å²) >= 11 is 0. The summed E-state index contributed by atoms with van der Waals surface area (Å²) in [5.74, 6) is 0. The number of hydrogen-bond donors (Lipinski definition) is 0. The Morgan fingerprint density at radius 2 is 0.700 bits per heavy atom. The summed E-state index contributed by atoms with van der Waals surface area (Å²) in [4.78, 5) is 0. The molecule has 0 nitrogen and oxygen atoms in total. The molecule has 4 heterocycles. The molecule has 4 aliphatic heterocycles. The quantitative estimate of drug-likeness (QED) is 0.0782. The van der Waals surface area contributed by atoms with Crippen molar-refractivity contribution in [1.82, 2.24) is 0 Å². The van der Waals surface area contributed by atoms with Gasteiger partial charge < -0.3 is 0 Å². The number of allylic oxidation sites excluding steroid dienone is 12. The van der Waals surface area contributed by atoms with Crippen LogP contribution in [-0.2, 0) is 19.5 Å². The Bertz CT molecular complexity index is 2240. The van der Waals surface area contributed by atoms with Crippen molar-refractivity contribution in [2.45, 2.75) is 53.4 Å². The smallest absolute Gasteiger partial charge is 0 e. The SMILES string of the molecule is C1=C\CC/C=C\CC/1.CC1=C(c2ccccc2)[PH+]2C[C@]1(C)C(c1ccccc1)=C2/C=C\C1=C(c2ccccc2)[C@@]2(C)C[PH+]1C(c1ccccc1)=C2C.F[P-](F)(F)(F)(F)F.[Rh]. The van der Waals surface area contributed by atoms with Gasteiger partial charge in [-0.2, -0.15) is 0 Å². The van der Waals surface area contributed by atoms with Crippen LogP contribution in [0.5, 0.6) is 0 Å². The van der Waals surface area contributed by atoms with E-state index in [0.29, 0.717) is 0 Å². The van der Waals surface area contributed by atoms with Gasteiger partial charge in [0.2, 0.25) is 0 Å². The van der Waals surface area contributed by atoms with E-state index in [9.17, 15) is 25.2 Å². The van der Waals surface area contributed by atoms with Crippen molar-refractivity contribution in [2.75, 3.05) is 12.3 Å². The van der Waals surface area contributed by atoms with Crippen LogP contribution in [0.3, 0.4) is 0 Å². The Morgan fingerprint density at radius 3 is 0.967 bits per heavy atom. The van der Waals surface area contributed by atoms with E-state index in [-0.39, 0.29) is 30.3 Å². The first-order chi connectivity index (χ1) is 27.9. The predicted octanol–water partition coefficient (Wildman–Crippen LogP) is 17.8. The van der Waals surface area contributed by atoms with Gasteiger partial charge in [0.15, 0.2) is 0 Å². The Balaban J connectivity index is 0.000000321. The minimum Gasteiger partial charge on any atom is 0 e. The average Bonchev–Trinajstić information content (AvgIpc) is 3.83. The minimum atomic E-state index is -10.7. The maximum absolute atomic E-state index is 10.7. The molecule has 0 aromatic heterocycles. The van der Waals surface area contributed by atoms with E-state index in [1.54, 1.807) is 43.5 Å². The third-order valence-electron chi connectivity index (χ3n) is 12.4. The average molecular weight is 963 g/mol. The van der Waals surface area contributed by atoms with Gasteiger partial charge in [-0.15, -0.1) is 0 Å². The Kier molecular flexibility index (Phi) is 13.3. The number of benzene rings is 4. The molecule has 1 radical (unpaired) electrons. The molecule has 0 fully saturated rings. The van der Waals surface area contributed by atoms with Gasteiger partial charge in [-0.05, 0) is 87.8 Å². The van der Waals surface area contributed by atoms with Gasteiger partial charge in [-0.1, -0.05) is 146 Å². The molecular weight excluding hydrogens is 910 g/mol. The van der Waals surface area contributed by atoms with Crippen LogP contribution in [0.2, 0.25) is 0 Å². The fraction of sp³-hybridized carbons (Fsp3) is 0.240. The number of hydrogen-bond acceptors (Lipinski definition) is 0. The normalized spacial score (nSPS) is 26.6. The van der Waals surface area contributed by atoms with Crippen molar-refractivity contribution in [3.05, 3.63) is 202 Å². The van der Waals surface area contributed by atoms with Crippen LogP contribution in [0.25, 0.3) is 21.8 Å². The minimum absolute atomic E-state index is 0. The van der Waals surface area contributed by atoms with Crippen LogP contribution < -0.4 is 0 Å². The van der Waals surface area contributed by atoms with Gasteiger partial charge in [0, 0.05) is 41.8 Å².